The van der Waals surface area contributed by atoms with E-state index < -0.39 is 0 Å². The van der Waals surface area contributed by atoms with Gasteiger partial charge >= 0.3 is 0 Å². The van der Waals surface area contributed by atoms with Gasteiger partial charge in [0.25, 0.3) is 5.78 Å². The van der Waals surface area contributed by atoms with E-state index >= 15 is 0 Å². The summed E-state index contributed by atoms with van der Waals surface area (Å²) in [4.78, 5) is 18.6. The number of aromatic nitrogens is 4. The fourth-order valence-electron chi connectivity index (χ4n) is 2.58. The number of furan rings is 1. The minimum absolute atomic E-state index is 0.0869. The number of amides is 1. The van der Waals surface area contributed by atoms with Crippen LogP contribution < -0.4 is 0 Å². The molecule has 1 amide bonds. The molecule has 9 heteroatoms. The van der Waals surface area contributed by atoms with Gasteiger partial charge in [0.15, 0.2) is 5.16 Å². The summed E-state index contributed by atoms with van der Waals surface area (Å²) in [5.74, 6) is 1.32. The zero-order valence-corrected chi connectivity index (χ0v) is 15.4. The average molecular weight is 370 g/mol. The molecule has 3 heterocycles. The second kappa shape index (κ2) is 8.01. The Morgan fingerprint density at radius 3 is 3.00 bits per heavy atom. The number of hydrogen-bond donors (Lipinski definition) is 0. The van der Waals surface area contributed by atoms with Crippen LogP contribution in [0.25, 0.3) is 5.78 Å². The van der Waals surface area contributed by atoms with Gasteiger partial charge in [0.2, 0.25) is 5.91 Å². The van der Waals surface area contributed by atoms with E-state index in [1.807, 2.05) is 30.4 Å². The number of hydrogen-bond acceptors (Lipinski definition) is 7. The molecule has 0 N–H and O–H groups in total. The summed E-state index contributed by atoms with van der Waals surface area (Å²) in [6.45, 7) is 4.55. The fraction of sp³-hybridized carbons (Fsp3) is 0.353. The van der Waals surface area contributed by atoms with Crippen molar-refractivity contribution >= 4 is 23.4 Å². The van der Waals surface area contributed by atoms with Crippen LogP contribution in [0, 0.1) is 25.2 Å². The zero-order valence-electron chi connectivity index (χ0n) is 14.5. The first-order chi connectivity index (χ1) is 12.6. The standard InChI is InChI=1S/C17H18N6O2S/c1-12-9-13(2)23-16(19-12)20-21-17(23)26-11-15(24)22(7-4-6-18)10-14-5-3-8-25-14/h3,5,8-9H,4,7,10-11H2,1-2H3. The van der Waals surface area contributed by atoms with Gasteiger partial charge < -0.3 is 9.32 Å². The largest absolute Gasteiger partial charge is 0.467 e. The summed E-state index contributed by atoms with van der Waals surface area (Å²) in [6.07, 6.45) is 1.84. The number of nitriles is 1. The van der Waals surface area contributed by atoms with E-state index in [4.69, 9.17) is 9.68 Å². The number of nitrogens with zero attached hydrogens (tertiary/aromatic N) is 6. The number of thioether (sulfide) groups is 1. The number of carbonyl (C=O) groups excluding carboxylic acids is 1. The highest BCUT2D eigenvalue weighted by atomic mass is 32.2. The van der Waals surface area contributed by atoms with E-state index in [-0.39, 0.29) is 18.1 Å². The van der Waals surface area contributed by atoms with Crippen molar-refractivity contribution in [3.05, 3.63) is 41.6 Å². The van der Waals surface area contributed by atoms with Crippen LogP contribution in [-0.2, 0) is 11.3 Å². The predicted octanol–water partition coefficient (Wildman–Crippen LogP) is 2.37. The van der Waals surface area contributed by atoms with Crippen LogP contribution >= 0.6 is 11.8 Å². The Labute approximate surface area is 154 Å². The van der Waals surface area contributed by atoms with E-state index in [0.29, 0.717) is 29.8 Å². The lowest BCUT2D eigenvalue weighted by Crippen LogP contribution is -2.32. The van der Waals surface area contributed by atoms with E-state index in [1.165, 1.54) is 11.8 Å². The van der Waals surface area contributed by atoms with Gasteiger partial charge in [-0.25, -0.2) is 4.98 Å². The van der Waals surface area contributed by atoms with Crippen LogP contribution in [0.5, 0.6) is 0 Å². The normalized spacial score (nSPS) is 10.8. The van der Waals surface area contributed by atoms with Crippen molar-refractivity contribution in [2.24, 2.45) is 0 Å². The monoisotopic (exact) mass is 370 g/mol. The number of rotatable bonds is 7. The maximum atomic E-state index is 12.6. The molecule has 0 bridgehead atoms. The maximum absolute atomic E-state index is 12.6. The Hall–Kier alpha value is -2.86. The molecule has 0 aliphatic heterocycles. The summed E-state index contributed by atoms with van der Waals surface area (Å²) in [7, 11) is 0. The lowest BCUT2D eigenvalue weighted by molar-refractivity contribution is -0.129. The number of carbonyl (C=O) groups is 1. The highest BCUT2D eigenvalue weighted by Crippen LogP contribution is 2.19. The van der Waals surface area contributed by atoms with Crippen LogP contribution in [0.15, 0.2) is 34.0 Å². The first-order valence-corrected chi connectivity index (χ1v) is 9.06. The molecular formula is C17H18N6O2S. The minimum atomic E-state index is -0.0869. The van der Waals surface area contributed by atoms with E-state index in [1.54, 1.807) is 17.2 Å². The SMILES string of the molecule is Cc1cc(C)n2c(SCC(=O)N(CCC#N)Cc3ccco3)nnc2n1. The zero-order chi connectivity index (χ0) is 18.5. The molecule has 0 unspecified atom stereocenters. The maximum Gasteiger partial charge on any atom is 0.256 e. The number of fused-ring (bicyclic) bond motifs is 1. The van der Waals surface area contributed by atoms with Crippen LogP contribution in [0.4, 0.5) is 0 Å². The Bertz CT molecular complexity index is 944. The van der Waals surface area contributed by atoms with Crippen molar-refractivity contribution in [3.8, 4) is 6.07 Å². The van der Waals surface area contributed by atoms with Gasteiger partial charge in [0, 0.05) is 17.9 Å². The number of aryl methyl sites for hydroxylation is 2. The molecule has 26 heavy (non-hydrogen) atoms. The van der Waals surface area contributed by atoms with Gasteiger partial charge in [0.05, 0.1) is 31.1 Å². The molecule has 3 aromatic rings. The van der Waals surface area contributed by atoms with Crippen molar-refractivity contribution in [1.82, 2.24) is 24.5 Å². The molecule has 0 saturated heterocycles. The van der Waals surface area contributed by atoms with Crippen molar-refractivity contribution in [3.63, 3.8) is 0 Å². The van der Waals surface area contributed by atoms with Crippen molar-refractivity contribution < 1.29 is 9.21 Å². The third-order valence-corrected chi connectivity index (χ3v) is 4.67. The molecule has 0 aromatic carbocycles. The molecule has 0 radical (unpaired) electrons. The van der Waals surface area contributed by atoms with E-state index in [2.05, 4.69) is 21.3 Å². The first-order valence-electron chi connectivity index (χ1n) is 8.08. The molecule has 0 spiro atoms. The predicted molar refractivity (Wildman–Crippen MR) is 95.3 cm³/mol. The van der Waals surface area contributed by atoms with Gasteiger partial charge in [-0.2, -0.15) is 5.26 Å². The van der Waals surface area contributed by atoms with Gasteiger partial charge in [-0.1, -0.05) is 11.8 Å². The van der Waals surface area contributed by atoms with Crippen LogP contribution in [0.3, 0.4) is 0 Å². The van der Waals surface area contributed by atoms with E-state index in [0.717, 1.165) is 11.4 Å². The van der Waals surface area contributed by atoms with Gasteiger partial charge in [-0.15, -0.1) is 10.2 Å². The van der Waals surface area contributed by atoms with Crippen molar-refractivity contribution in [2.45, 2.75) is 32.0 Å². The Morgan fingerprint density at radius 1 is 1.42 bits per heavy atom. The second-order valence-electron chi connectivity index (χ2n) is 5.75. The van der Waals surface area contributed by atoms with Gasteiger partial charge in [-0.3, -0.25) is 9.20 Å². The molecule has 0 atom stereocenters. The molecule has 8 nitrogen and oxygen atoms in total. The summed E-state index contributed by atoms with van der Waals surface area (Å²) in [6, 6.07) is 7.60. The highest BCUT2D eigenvalue weighted by molar-refractivity contribution is 7.99. The molecular weight excluding hydrogens is 352 g/mol. The molecule has 0 saturated carbocycles. The first kappa shape index (κ1) is 17.9. The van der Waals surface area contributed by atoms with E-state index in [9.17, 15) is 4.79 Å². The van der Waals surface area contributed by atoms with Crippen LogP contribution in [0.1, 0.15) is 23.6 Å². The molecule has 0 aliphatic carbocycles. The summed E-state index contributed by atoms with van der Waals surface area (Å²) < 4.78 is 7.14. The third-order valence-electron chi connectivity index (χ3n) is 3.76. The molecule has 3 aromatic heterocycles. The summed E-state index contributed by atoms with van der Waals surface area (Å²) in [5.41, 5.74) is 1.83. The van der Waals surface area contributed by atoms with Crippen molar-refractivity contribution in [2.75, 3.05) is 12.3 Å². The lowest BCUT2D eigenvalue weighted by atomic mass is 10.3. The summed E-state index contributed by atoms with van der Waals surface area (Å²) >= 11 is 1.30. The highest BCUT2D eigenvalue weighted by Gasteiger charge is 2.18. The Kier molecular flexibility index (Phi) is 5.53. The topological polar surface area (TPSA) is 100 Å². The van der Waals surface area contributed by atoms with Gasteiger partial charge in [0.1, 0.15) is 5.76 Å². The van der Waals surface area contributed by atoms with Gasteiger partial charge in [-0.05, 0) is 32.0 Å². The molecule has 0 fully saturated rings. The Balaban J connectivity index is 1.70. The average Bonchev–Trinajstić information content (AvgIpc) is 3.26. The van der Waals surface area contributed by atoms with Crippen LogP contribution in [-0.4, -0.2) is 42.7 Å². The second-order valence-corrected chi connectivity index (χ2v) is 6.69. The van der Waals surface area contributed by atoms with Crippen molar-refractivity contribution in [1.29, 1.82) is 5.26 Å². The molecule has 0 aliphatic rings. The minimum Gasteiger partial charge on any atom is -0.467 e. The lowest BCUT2D eigenvalue weighted by Gasteiger charge is -2.20. The Morgan fingerprint density at radius 2 is 2.27 bits per heavy atom. The van der Waals surface area contributed by atoms with Crippen LogP contribution in [0.2, 0.25) is 0 Å². The molecule has 3 rings (SSSR count). The fourth-order valence-corrected chi connectivity index (χ4v) is 3.47. The molecule has 134 valence electrons. The smallest absolute Gasteiger partial charge is 0.256 e. The summed E-state index contributed by atoms with van der Waals surface area (Å²) in [5, 5.41) is 17.7. The third kappa shape index (κ3) is 4.03. The quantitative estimate of drug-likeness (QED) is 0.589.